The van der Waals surface area contributed by atoms with Gasteiger partial charge in [0.2, 0.25) is 0 Å². The summed E-state index contributed by atoms with van der Waals surface area (Å²) in [5, 5.41) is 9.44. The van der Waals surface area contributed by atoms with E-state index in [0.717, 1.165) is 10.0 Å². The van der Waals surface area contributed by atoms with Crippen LogP contribution in [0.4, 0.5) is 0 Å². The molecule has 2 aromatic rings. The quantitative estimate of drug-likeness (QED) is 0.651. The van der Waals surface area contributed by atoms with Crippen molar-refractivity contribution in [3.05, 3.63) is 56.0 Å². The van der Waals surface area contributed by atoms with Gasteiger partial charge in [-0.25, -0.2) is 9.59 Å². The molecule has 0 bridgehead atoms. The first-order chi connectivity index (χ1) is 9.49. The van der Waals surface area contributed by atoms with Crippen molar-refractivity contribution in [1.29, 1.82) is 0 Å². The van der Waals surface area contributed by atoms with Crippen LogP contribution in [0, 0.1) is 6.92 Å². The van der Waals surface area contributed by atoms with Crippen molar-refractivity contribution >= 4 is 33.7 Å². The fraction of sp³-hybridized carbons (Fsp3) is 0.154. The largest absolute Gasteiger partial charge is 0.478 e. The summed E-state index contributed by atoms with van der Waals surface area (Å²) >= 11 is 4.66. The number of H-pyrrole nitrogens is 1. The highest BCUT2D eigenvalue weighted by molar-refractivity contribution is 9.10. The van der Waals surface area contributed by atoms with Crippen molar-refractivity contribution in [1.82, 2.24) is 9.97 Å². The Morgan fingerprint density at radius 1 is 1.45 bits per heavy atom. The van der Waals surface area contributed by atoms with E-state index in [-0.39, 0.29) is 10.6 Å². The second-order valence-electron chi connectivity index (χ2n) is 4.03. The van der Waals surface area contributed by atoms with Gasteiger partial charge in [-0.3, -0.25) is 0 Å². The second-order valence-corrected chi connectivity index (χ2v) is 5.85. The molecule has 2 rings (SSSR count). The van der Waals surface area contributed by atoms with Gasteiger partial charge in [0.15, 0.2) is 0 Å². The zero-order valence-electron chi connectivity index (χ0n) is 10.5. The van der Waals surface area contributed by atoms with Gasteiger partial charge >= 0.3 is 11.7 Å². The Balaban J connectivity index is 2.32. The minimum absolute atomic E-state index is 0.0432. The lowest BCUT2D eigenvalue weighted by molar-refractivity contribution is 0.0690. The van der Waals surface area contributed by atoms with E-state index in [1.54, 1.807) is 6.92 Å². The smallest absolute Gasteiger partial charge is 0.346 e. The molecule has 0 spiro atoms. The van der Waals surface area contributed by atoms with E-state index in [9.17, 15) is 14.7 Å². The van der Waals surface area contributed by atoms with Gasteiger partial charge in [0.1, 0.15) is 10.6 Å². The van der Waals surface area contributed by atoms with Crippen molar-refractivity contribution in [2.75, 3.05) is 0 Å². The van der Waals surface area contributed by atoms with Gasteiger partial charge in [0.05, 0.1) is 0 Å². The van der Waals surface area contributed by atoms with Crippen LogP contribution in [-0.2, 0) is 5.75 Å². The van der Waals surface area contributed by atoms with Gasteiger partial charge < -0.3 is 10.1 Å². The summed E-state index contributed by atoms with van der Waals surface area (Å²) in [6.07, 6.45) is 0. The number of hydrogen-bond acceptors (Lipinski definition) is 4. The molecule has 5 nitrogen and oxygen atoms in total. The topological polar surface area (TPSA) is 83.0 Å². The SMILES string of the molecule is Cc1[nH]c(=O)nc(SCc2ccccc2Br)c1C(=O)O. The Hall–Kier alpha value is -1.60. The van der Waals surface area contributed by atoms with E-state index < -0.39 is 11.7 Å². The molecule has 1 aromatic carbocycles. The van der Waals surface area contributed by atoms with Crippen LogP contribution in [0.2, 0.25) is 0 Å². The fourth-order valence-corrected chi connectivity index (χ4v) is 3.36. The molecule has 1 heterocycles. The van der Waals surface area contributed by atoms with E-state index in [1.165, 1.54) is 11.8 Å². The number of hydrogen-bond donors (Lipinski definition) is 2. The number of aromatic nitrogens is 2. The second kappa shape index (κ2) is 6.23. The molecule has 0 radical (unpaired) electrons. The maximum absolute atomic E-state index is 11.4. The summed E-state index contributed by atoms with van der Waals surface area (Å²) in [5.74, 6) is -0.571. The number of nitrogens with zero attached hydrogens (tertiary/aromatic N) is 1. The van der Waals surface area contributed by atoms with Crippen LogP contribution in [0.25, 0.3) is 0 Å². The lowest BCUT2D eigenvalue weighted by atomic mass is 10.2. The van der Waals surface area contributed by atoms with Crippen molar-refractivity contribution in [2.45, 2.75) is 17.7 Å². The number of carbonyl (C=O) groups is 1. The molecule has 0 aliphatic rings. The average molecular weight is 355 g/mol. The van der Waals surface area contributed by atoms with Crippen LogP contribution in [0.1, 0.15) is 21.6 Å². The number of thioether (sulfide) groups is 1. The lowest BCUT2D eigenvalue weighted by Gasteiger charge is -2.07. The number of carboxylic acids is 1. The van der Waals surface area contributed by atoms with E-state index in [0.29, 0.717) is 11.4 Å². The number of carboxylic acid groups (broad SMARTS) is 1. The lowest BCUT2D eigenvalue weighted by Crippen LogP contribution is -2.18. The van der Waals surface area contributed by atoms with Gasteiger partial charge in [-0.05, 0) is 18.6 Å². The predicted octanol–water partition coefficient (Wildman–Crippen LogP) is 2.83. The monoisotopic (exact) mass is 354 g/mol. The van der Waals surface area contributed by atoms with Crippen molar-refractivity contribution in [2.24, 2.45) is 0 Å². The van der Waals surface area contributed by atoms with Gasteiger partial charge in [0, 0.05) is 15.9 Å². The highest BCUT2D eigenvalue weighted by atomic mass is 79.9. The molecule has 2 N–H and O–H groups in total. The first-order valence-electron chi connectivity index (χ1n) is 5.69. The van der Waals surface area contributed by atoms with Gasteiger partial charge in [-0.1, -0.05) is 34.1 Å². The molecule has 0 atom stereocenters. The summed E-state index contributed by atoms with van der Waals surface area (Å²) in [7, 11) is 0. The Labute approximate surface area is 127 Å². The molecule has 20 heavy (non-hydrogen) atoms. The summed E-state index contributed by atoms with van der Waals surface area (Å²) in [4.78, 5) is 28.8. The number of nitrogens with one attached hydrogen (secondary N) is 1. The number of rotatable bonds is 4. The van der Waals surface area contributed by atoms with Crippen LogP contribution >= 0.6 is 27.7 Å². The first kappa shape index (κ1) is 14.8. The number of aryl methyl sites for hydroxylation is 1. The number of halogens is 1. The molecule has 0 saturated heterocycles. The highest BCUT2D eigenvalue weighted by Gasteiger charge is 2.17. The normalized spacial score (nSPS) is 10.5. The van der Waals surface area contributed by atoms with Crippen LogP contribution in [0.15, 0.2) is 38.6 Å². The Bertz CT molecular complexity index is 715. The Kier molecular flexibility index (Phi) is 4.61. The summed E-state index contributed by atoms with van der Waals surface area (Å²) < 4.78 is 0.936. The number of benzene rings is 1. The van der Waals surface area contributed by atoms with Gasteiger partial charge in [-0.15, -0.1) is 11.8 Å². The zero-order chi connectivity index (χ0) is 14.7. The molecule has 104 valence electrons. The van der Waals surface area contributed by atoms with Crippen molar-refractivity contribution in [3.63, 3.8) is 0 Å². The molecule has 1 aromatic heterocycles. The van der Waals surface area contributed by atoms with Crippen LogP contribution in [-0.4, -0.2) is 21.0 Å². The molecular formula is C13H11BrN2O3S. The van der Waals surface area contributed by atoms with E-state index >= 15 is 0 Å². The van der Waals surface area contributed by atoms with Crippen molar-refractivity contribution < 1.29 is 9.90 Å². The molecule has 7 heteroatoms. The molecular weight excluding hydrogens is 344 g/mol. The third-order valence-corrected chi connectivity index (χ3v) is 4.42. The van der Waals surface area contributed by atoms with Crippen LogP contribution in [0.3, 0.4) is 0 Å². The fourth-order valence-electron chi connectivity index (χ4n) is 1.68. The van der Waals surface area contributed by atoms with E-state index in [2.05, 4.69) is 25.9 Å². The number of aromatic carboxylic acids is 1. The minimum Gasteiger partial charge on any atom is -0.478 e. The summed E-state index contributed by atoms with van der Waals surface area (Å²) in [6.45, 7) is 1.55. The molecule has 0 saturated carbocycles. The molecule has 0 amide bonds. The van der Waals surface area contributed by atoms with E-state index in [4.69, 9.17) is 0 Å². The third kappa shape index (κ3) is 3.29. The minimum atomic E-state index is -1.10. The zero-order valence-corrected chi connectivity index (χ0v) is 12.9. The summed E-state index contributed by atoms with van der Waals surface area (Å²) in [6, 6.07) is 7.63. The van der Waals surface area contributed by atoms with Crippen LogP contribution in [0.5, 0.6) is 0 Å². The first-order valence-corrected chi connectivity index (χ1v) is 7.47. The molecule has 0 aliphatic heterocycles. The van der Waals surface area contributed by atoms with Crippen LogP contribution < -0.4 is 5.69 Å². The standard InChI is InChI=1S/C13H11BrN2O3S/c1-7-10(12(17)18)11(16-13(19)15-7)20-6-8-4-2-3-5-9(8)14/h2-5H,6H2,1H3,(H,17,18)(H,15,16,19). The van der Waals surface area contributed by atoms with Crippen molar-refractivity contribution in [3.8, 4) is 0 Å². The number of aromatic amines is 1. The highest BCUT2D eigenvalue weighted by Crippen LogP contribution is 2.27. The summed E-state index contributed by atoms with van der Waals surface area (Å²) in [5.41, 5.74) is 0.824. The van der Waals surface area contributed by atoms with E-state index in [1.807, 2.05) is 24.3 Å². The predicted molar refractivity (Wildman–Crippen MR) is 80.3 cm³/mol. The third-order valence-electron chi connectivity index (χ3n) is 2.62. The van der Waals surface area contributed by atoms with Gasteiger partial charge in [-0.2, -0.15) is 4.98 Å². The Morgan fingerprint density at radius 2 is 2.15 bits per heavy atom. The maximum Gasteiger partial charge on any atom is 0.346 e. The van der Waals surface area contributed by atoms with Gasteiger partial charge in [0.25, 0.3) is 0 Å². The molecule has 0 unspecified atom stereocenters. The molecule has 0 aliphatic carbocycles. The Morgan fingerprint density at radius 3 is 2.80 bits per heavy atom. The average Bonchev–Trinajstić information content (AvgIpc) is 2.36. The maximum atomic E-state index is 11.4. The molecule has 0 fully saturated rings.